The number of aryl methyl sites for hydroxylation is 1. The Morgan fingerprint density at radius 3 is 2.46 bits per heavy atom. The largest absolute Gasteiger partial charge is 0.491 e. The minimum Gasteiger partial charge on any atom is -0.491 e. The highest BCUT2D eigenvalue weighted by Gasteiger charge is 2.48. The molecule has 1 aliphatic rings. The Hall–Kier alpha value is -1.31. The lowest BCUT2D eigenvalue weighted by Gasteiger charge is -2.34. The summed E-state index contributed by atoms with van der Waals surface area (Å²) in [6.45, 7) is 7.14. The fourth-order valence-electron chi connectivity index (χ4n) is 3.10. The van der Waals surface area contributed by atoms with Crippen LogP contribution in [0.25, 0.3) is 0 Å². The standard InChI is InChI=1S/C18H28N2O4S.ClH/c1-13(2)24-16-11-14(3)5-6-15(16)12-20-17(21)18(25(4,22)23)7-9-19-10-8-18;/h5-6,11,13,19H,7-10,12H2,1-4H3,(H,20,21);1H. The molecule has 1 aromatic rings. The lowest BCUT2D eigenvalue weighted by atomic mass is 9.95. The highest BCUT2D eigenvalue weighted by molar-refractivity contribution is 7.92. The van der Waals surface area contributed by atoms with Gasteiger partial charge in [0.1, 0.15) is 5.75 Å². The van der Waals surface area contributed by atoms with E-state index in [1.165, 1.54) is 0 Å². The quantitative estimate of drug-likeness (QED) is 0.757. The normalized spacial score (nSPS) is 16.7. The number of halogens is 1. The third-order valence-electron chi connectivity index (χ3n) is 4.56. The van der Waals surface area contributed by atoms with E-state index < -0.39 is 20.5 Å². The Balaban J connectivity index is 0.00000338. The first-order valence-electron chi connectivity index (χ1n) is 8.60. The maximum Gasteiger partial charge on any atom is 0.241 e. The molecule has 148 valence electrons. The van der Waals surface area contributed by atoms with Gasteiger partial charge in [-0.3, -0.25) is 4.79 Å². The fraction of sp³-hybridized carbons (Fsp3) is 0.611. The molecule has 0 aromatic heterocycles. The summed E-state index contributed by atoms with van der Waals surface area (Å²) >= 11 is 0. The van der Waals surface area contributed by atoms with Crippen LogP contribution < -0.4 is 15.4 Å². The van der Waals surface area contributed by atoms with E-state index in [4.69, 9.17) is 4.74 Å². The summed E-state index contributed by atoms with van der Waals surface area (Å²) in [7, 11) is -3.51. The Morgan fingerprint density at radius 1 is 1.31 bits per heavy atom. The molecule has 0 aliphatic carbocycles. The van der Waals surface area contributed by atoms with Crippen LogP contribution in [0.3, 0.4) is 0 Å². The molecule has 0 bridgehead atoms. The summed E-state index contributed by atoms with van der Waals surface area (Å²) in [5.41, 5.74) is 1.90. The van der Waals surface area contributed by atoms with Crippen molar-refractivity contribution in [3.05, 3.63) is 29.3 Å². The SMILES string of the molecule is Cc1ccc(CNC(=O)C2(S(C)(=O)=O)CCNCC2)c(OC(C)C)c1.Cl. The number of hydrogen-bond donors (Lipinski definition) is 2. The van der Waals surface area contributed by atoms with Crippen LogP contribution in [0.2, 0.25) is 0 Å². The van der Waals surface area contributed by atoms with E-state index in [1.807, 2.05) is 39.0 Å². The molecule has 8 heteroatoms. The Labute approximate surface area is 162 Å². The number of carbonyl (C=O) groups excluding carboxylic acids is 1. The first kappa shape index (κ1) is 22.7. The van der Waals surface area contributed by atoms with Crippen molar-refractivity contribution in [1.29, 1.82) is 0 Å². The Morgan fingerprint density at radius 2 is 1.92 bits per heavy atom. The van der Waals surface area contributed by atoms with Crippen LogP contribution in [0.15, 0.2) is 18.2 Å². The van der Waals surface area contributed by atoms with Gasteiger partial charge in [-0.15, -0.1) is 12.4 Å². The van der Waals surface area contributed by atoms with Gasteiger partial charge in [0.05, 0.1) is 6.10 Å². The monoisotopic (exact) mass is 404 g/mol. The summed E-state index contributed by atoms with van der Waals surface area (Å²) < 4.78 is 29.1. The average molecular weight is 405 g/mol. The number of piperidine rings is 1. The van der Waals surface area contributed by atoms with Gasteiger partial charge in [0, 0.05) is 18.4 Å². The molecule has 1 aliphatic heterocycles. The van der Waals surface area contributed by atoms with Crippen LogP contribution in [0.4, 0.5) is 0 Å². The molecule has 1 fully saturated rings. The smallest absolute Gasteiger partial charge is 0.241 e. The van der Waals surface area contributed by atoms with Crippen molar-refractivity contribution in [3.8, 4) is 5.75 Å². The van der Waals surface area contributed by atoms with E-state index in [-0.39, 0.29) is 25.1 Å². The Kier molecular flexibility index (Phi) is 7.92. The molecule has 0 saturated carbocycles. The van der Waals surface area contributed by atoms with E-state index in [0.717, 1.165) is 17.4 Å². The highest BCUT2D eigenvalue weighted by Crippen LogP contribution is 2.28. The summed E-state index contributed by atoms with van der Waals surface area (Å²) in [5.74, 6) is 0.293. The van der Waals surface area contributed by atoms with Crippen LogP contribution in [0.1, 0.15) is 37.8 Å². The number of sulfone groups is 1. The topological polar surface area (TPSA) is 84.5 Å². The van der Waals surface area contributed by atoms with Gasteiger partial charge < -0.3 is 15.4 Å². The van der Waals surface area contributed by atoms with Crippen LogP contribution in [0, 0.1) is 6.92 Å². The number of benzene rings is 1. The van der Waals surface area contributed by atoms with Gasteiger partial charge in [0.2, 0.25) is 5.91 Å². The second-order valence-corrected chi connectivity index (χ2v) is 9.30. The highest BCUT2D eigenvalue weighted by atomic mass is 35.5. The van der Waals surface area contributed by atoms with Crippen molar-refractivity contribution >= 4 is 28.2 Å². The maximum absolute atomic E-state index is 12.8. The van der Waals surface area contributed by atoms with Crippen molar-refractivity contribution in [2.24, 2.45) is 0 Å². The molecule has 1 aromatic carbocycles. The van der Waals surface area contributed by atoms with Gasteiger partial charge in [-0.25, -0.2) is 8.42 Å². The van der Waals surface area contributed by atoms with Gasteiger partial charge in [0.25, 0.3) is 0 Å². The molecule has 0 atom stereocenters. The van der Waals surface area contributed by atoms with Gasteiger partial charge in [0.15, 0.2) is 14.6 Å². The molecule has 1 amide bonds. The molecular formula is C18H29ClN2O4S. The number of amides is 1. The van der Waals surface area contributed by atoms with Gasteiger partial charge >= 0.3 is 0 Å². The number of carbonyl (C=O) groups is 1. The Bertz CT molecular complexity index is 729. The van der Waals surface area contributed by atoms with E-state index in [0.29, 0.717) is 31.7 Å². The summed E-state index contributed by atoms with van der Waals surface area (Å²) in [6.07, 6.45) is 1.75. The molecule has 6 nitrogen and oxygen atoms in total. The minimum absolute atomic E-state index is 0. The lowest BCUT2D eigenvalue weighted by Crippen LogP contribution is -2.57. The molecule has 0 radical (unpaired) electrons. The zero-order valence-electron chi connectivity index (χ0n) is 15.8. The minimum atomic E-state index is -3.51. The van der Waals surface area contributed by atoms with Crippen molar-refractivity contribution in [2.75, 3.05) is 19.3 Å². The number of rotatable bonds is 6. The van der Waals surface area contributed by atoms with Crippen LogP contribution in [0.5, 0.6) is 5.75 Å². The molecule has 2 N–H and O–H groups in total. The first-order valence-corrected chi connectivity index (χ1v) is 10.5. The van der Waals surface area contributed by atoms with Gasteiger partial charge in [-0.1, -0.05) is 12.1 Å². The van der Waals surface area contributed by atoms with Crippen molar-refractivity contribution in [1.82, 2.24) is 10.6 Å². The summed E-state index contributed by atoms with van der Waals surface area (Å²) in [5, 5.41) is 5.94. The van der Waals surface area contributed by atoms with Crippen LogP contribution >= 0.6 is 12.4 Å². The van der Waals surface area contributed by atoms with E-state index in [9.17, 15) is 13.2 Å². The zero-order chi connectivity index (χ0) is 18.7. The lowest BCUT2D eigenvalue weighted by molar-refractivity contribution is -0.124. The summed E-state index contributed by atoms with van der Waals surface area (Å²) in [4.78, 5) is 12.8. The van der Waals surface area contributed by atoms with E-state index in [2.05, 4.69) is 10.6 Å². The molecular weight excluding hydrogens is 376 g/mol. The second-order valence-electron chi connectivity index (χ2n) is 6.98. The van der Waals surface area contributed by atoms with Crippen LogP contribution in [-0.4, -0.2) is 44.5 Å². The first-order chi connectivity index (χ1) is 11.7. The van der Waals surface area contributed by atoms with Crippen molar-refractivity contribution in [3.63, 3.8) is 0 Å². The number of ether oxygens (including phenoxy) is 1. The number of hydrogen-bond acceptors (Lipinski definition) is 5. The molecule has 0 spiro atoms. The number of nitrogens with one attached hydrogen (secondary N) is 2. The van der Waals surface area contributed by atoms with Gasteiger partial charge in [-0.05, 0) is 58.3 Å². The maximum atomic E-state index is 12.8. The molecule has 2 rings (SSSR count). The third kappa shape index (κ3) is 5.11. The predicted octanol–water partition coefficient (Wildman–Crippen LogP) is 1.99. The molecule has 0 unspecified atom stereocenters. The van der Waals surface area contributed by atoms with Crippen LogP contribution in [-0.2, 0) is 21.2 Å². The van der Waals surface area contributed by atoms with E-state index >= 15 is 0 Å². The van der Waals surface area contributed by atoms with E-state index in [1.54, 1.807) is 0 Å². The summed E-state index contributed by atoms with van der Waals surface area (Å²) in [6, 6.07) is 5.78. The molecule has 1 heterocycles. The predicted molar refractivity (Wildman–Crippen MR) is 106 cm³/mol. The third-order valence-corrected chi connectivity index (χ3v) is 6.57. The average Bonchev–Trinajstić information content (AvgIpc) is 2.53. The molecule has 26 heavy (non-hydrogen) atoms. The second kappa shape index (κ2) is 9.06. The zero-order valence-corrected chi connectivity index (χ0v) is 17.4. The van der Waals surface area contributed by atoms with Gasteiger partial charge in [-0.2, -0.15) is 0 Å². The molecule has 1 saturated heterocycles. The fourth-order valence-corrected chi connectivity index (χ4v) is 4.46. The van der Waals surface area contributed by atoms with Crippen molar-refractivity contribution in [2.45, 2.75) is 51.0 Å². The van der Waals surface area contributed by atoms with Crippen molar-refractivity contribution < 1.29 is 17.9 Å².